The molecule has 2 aromatic carbocycles. The molecule has 0 saturated carbocycles. The summed E-state index contributed by atoms with van der Waals surface area (Å²) in [6.07, 6.45) is 3.99. The first kappa shape index (κ1) is 23.4. The van der Waals surface area contributed by atoms with Gasteiger partial charge < -0.3 is 10.1 Å². The molecule has 3 nitrogen and oxygen atoms in total. The van der Waals surface area contributed by atoms with Gasteiger partial charge in [-0.1, -0.05) is 60.7 Å². The van der Waals surface area contributed by atoms with Crippen molar-refractivity contribution in [1.29, 1.82) is 0 Å². The molecule has 0 fully saturated rings. The molecule has 1 aliphatic rings. The summed E-state index contributed by atoms with van der Waals surface area (Å²) in [7, 11) is 0. The smallest absolute Gasteiger partial charge is 0.0720 e. The summed E-state index contributed by atoms with van der Waals surface area (Å²) in [5.41, 5.74) is 5.10. The molecule has 154 valence electrons. The van der Waals surface area contributed by atoms with Gasteiger partial charge in [-0.05, 0) is 48.2 Å². The molecule has 0 spiro atoms. The number of aromatic nitrogens is 1. The van der Waals surface area contributed by atoms with Gasteiger partial charge in [-0.3, -0.25) is 4.98 Å². The number of ether oxygens (including phenoxy) is 1. The molecule has 0 amide bonds. The number of benzene rings is 2. The molecule has 5 heteroatoms. The predicted octanol–water partition coefficient (Wildman–Crippen LogP) is 5.31. The van der Waals surface area contributed by atoms with Crippen LogP contribution in [0.2, 0.25) is 0 Å². The van der Waals surface area contributed by atoms with Gasteiger partial charge >= 0.3 is 0 Å². The molecule has 1 aromatic heterocycles. The summed E-state index contributed by atoms with van der Waals surface area (Å²) >= 11 is 0. The van der Waals surface area contributed by atoms with Gasteiger partial charge in [0.1, 0.15) is 0 Å². The second-order valence-corrected chi connectivity index (χ2v) is 7.20. The van der Waals surface area contributed by atoms with E-state index in [9.17, 15) is 0 Å². The largest absolute Gasteiger partial charge is 0.375 e. The Hall–Kier alpha value is -1.91. The molecule has 0 saturated heterocycles. The van der Waals surface area contributed by atoms with Crippen LogP contribution in [-0.2, 0) is 23.3 Å². The second kappa shape index (κ2) is 11.3. The van der Waals surface area contributed by atoms with E-state index in [1.54, 1.807) is 0 Å². The fraction of sp³-hybridized carbons (Fsp3) is 0.292. The van der Waals surface area contributed by atoms with Gasteiger partial charge in [0.25, 0.3) is 0 Å². The van der Waals surface area contributed by atoms with Crippen molar-refractivity contribution >= 4 is 24.8 Å². The zero-order valence-electron chi connectivity index (χ0n) is 16.4. The Morgan fingerprint density at radius 3 is 2.45 bits per heavy atom. The molecule has 0 bridgehead atoms. The van der Waals surface area contributed by atoms with Crippen LogP contribution in [0.3, 0.4) is 0 Å². The first-order valence-electron chi connectivity index (χ1n) is 9.71. The Balaban J connectivity index is 0.00000150. The Bertz CT molecular complexity index is 861. The van der Waals surface area contributed by atoms with Gasteiger partial charge in [0, 0.05) is 18.2 Å². The van der Waals surface area contributed by atoms with Gasteiger partial charge in [-0.25, -0.2) is 0 Å². The highest BCUT2D eigenvalue weighted by Crippen LogP contribution is 2.41. The number of nitrogens with zero attached hydrogens (tertiary/aromatic N) is 1. The lowest BCUT2D eigenvalue weighted by molar-refractivity contribution is 0.0613. The Labute approximate surface area is 185 Å². The molecule has 2 heterocycles. The molecular formula is C24H28Cl2N2O. The number of hydrogen-bond donors (Lipinski definition) is 1. The van der Waals surface area contributed by atoms with Gasteiger partial charge in [0.05, 0.1) is 18.9 Å². The third kappa shape index (κ3) is 5.37. The minimum Gasteiger partial charge on any atom is -0.375 e. The first-order valence-corrected chi connectivity index (χ1v) is 9.71. The fourth-order valence-electron chi connectivity index (χ4n) is 4.11. The highest BCUT2D eigenvalue weighted by Gasteiger charge is 2.38. The van der Waals surface area contributed by atoms with E-state index in [0.717, 1.165) is 38.2 Å². The minimum absolute atomic E-state index is 0. The average molecular weight is 431 g/mol. The highest BCUT2D eigenvalue weighted by atomic mass is 35.5. The van der Waals surface area contributed by atoms with Crippen LogP contribution in [0.4, 0.5) is 0 Å². The molecule has 1 aliphatic heterocycles. The zero-order valence-corrected chi connectivity index (χ0v) is 18.1. The Morgan fingerprint density at radius 2 is 1.66 bits per heavy atom. The molecule has 29 heavy (non-hydrogen) atoms. The van der Waals surface area contributed by atoms with Gasteiger partial charge in [0.15, 0.2) is 0 Å². The van der Waals surface area contributed by atoms with Crippen LogP contribution in [0.25, 0.3) is 0 Å². The van der Waals surface area contributed by atoms with E-state index in [2.05, 4.69) is 71.0 Å². The predicted molar refractivity (Wildman–Crippen MR) is 123 cm³/mol. The Kier molecular flexibility index (Phi) is 9.12. The summed E-state index contributed by atoms with van der Waals surface area (Å²) in [5.74, 6) is 0. The van der Waals surface area contributed by atoms with Crippen molar-refractivity contribution < 1.29 is 4.74 Å². The number of rotatable bonds is 7. The van der Waals surface area contributed by atoms with E-state index in [0.29, 0.717) is 6.61 Å². The topological polar surface area (TPSA) is 34.2 Å². The van der Waals surface area contributed by atoms with Crippen molar-refractivity contribution in [2.45, 2.75) is 31.4 Å². The summed E-state index contributed by atoms with van der Waals surface area (Å²) in [6, 6.07) is 25.6. The van der Waals surface area contributed by atoms with E-state index in [-0.39, 0.29) is 30.2 Å². The number of fused-ring (bicyclic) bond motifs is 1. The summed E-state index contributed by atoms with van der Waals surface area (Å²) in [4.78, 5) is 4.37. The number of hydrogen-bond acceptors (Lipinski definition) is 3. The second-order valence-electron chi connectivity index (χ2n) is 7.20. The van der Waals surface area contributed by atoms with Gasteiger partial charge in [-0.15, -0.1) is 24.8 Å². The molecule has 0 aliphatic carbocycles. The number of halogens is 2. The molecular weight excluding hydrogens is 403 g/mol. The molecule has 3 aromatic rings. The van der Waals surface area contributed by atoms with Crippen molar-refractivity contribution in [2.24, 2.45) is 0 Å². The number of nitrogens with one attached hydrogen (secondary N) is 1. The van der Waals surface area contributed by atoms with Crippen molar-refractivity contribution in [2.75, 3.05) is 13.2 Å². The van der Waals surface area contributed by atoms with E-state index in [1.165, 1.54) is 16.7 Å². The van der Waals surface area contributed by atoms with Crippen LogP contribution in [0.15, 0.2) is 79.0 Å². The van der Waals surface area contributed by atoms with Crippen LogP contribution in [-0.4, -0.2) is 18.1 Å². The van der Waals surface area contributed by atoms with E-state index in [4.69, 9.17) is 4.74 Å². The highest BCUT2D eigenvalue weighted by molar-refractivity contribution is 5.85. The van der Waals surface area contributed by atoms with Crippen molar-refractivity contribution in [3.8, 4) is 0 Å². The molecule has 1 N–H and O–H groups in total. The average Bonchev–Trinajstić information content (AvgIpc) is 2.75. The molecule has 0 radical (unpaired) electrons. The van der Waals surface area contributed by atoms with Crippen molar-refractivity contribution in [1.82, 2.24) is 10.3 Å². The SMILES string of the molecule is Cl.Cl.c1ccc(C2(CCCNCc3ccccn3)COCc3ccccc32)cc1. The molecule has 1 atom stereocenters. The lowest BCUT2D eigenvalue weighted by Crippen LogP contribution is -2.38. The zero-order chi connectivity index (χ0) is 18.4. The van der Waals surface area contributed by atoms with E-state index in [1.807, 2.05) is 18.3 Å². The summed E-state index contributed by atoms with van der Waals surface area (Å²) in [6.45, 7) is 3.23. The van der Waals surface area contributed by atoms with Crippen LogP contribution < -0.4 is 5.32 Å². The van der Waals surface area contributed by atoms with Crippen molar-refractivity contribution in [3.05, 3.63) is 101 Å². The fourth-order valence-corrected chi connectivity index (χ4v) is 4.11. The molecule has 1 unspecified atom stereocenters. The maximum Gasteiger partial charge on any atom is 0.0720 e. The van der Waals surface area contributed by atoms with Crippen LogP contribution in [0, 0.1) is 0 Å². The minimum atomic E-state index is -0.0667. The van der Waals surface area contributed by atoms with Crippen LogP contribution in [0.1, 0.15) is 35.2 Å². The maximum absolute atomic E-state index is 6.06. The van der Waals surface area contributed by atoms with Gasteiger partial charge in [-0.2, -0.15) is 0 Å². The lowest BCUT2D eigenvalue weighted by Gasteiger charge is -2.40. The maximum atomic E-state index is 6.06. The summed E-state index contributed by atoms with van der Waals surface area (Å²) in [5, 5.41) is 3.53. The summed E-state index contributed by atoms with van der Waals surface area (Å²) < 4.78 is 6.06. The Morgan fingerprint density at radius 1 is 0.897 bits per heavy atom. The quantitative estimate of drug-likeness (QED) is 0.515. The monoisotopic (exact) mass is 430 g/mol. The van der Waals surface area contributed by atoms with Crippen molar-refractivity contribution in [3.63, 3.8) is 0 Å². The van der Waals surface area contributed by atoms with E-state index < -0.39 is 0 Å². The third-order valence-corrected chi connectivity index (χ3v) is 5.45. The normalized spacial score (nSPS) is 17.5. The van der Waals surface area contributed by atoms with Crippen LogP contribution in [0.5, 0.6) is 0 Å². The van der Waals surface area contributed by atoms with Gasteiger partial charge in [0.2, 0.25) is 0 Å². The van der Waals surface area contributed by atoms with E-state index >= 15 is 0 Å². The van der Waals surface area contributed by atoms with Crippen LogP contribution >= 0.6 is 24.8 Å². The third-order valence-electron chi connectivity index (χ3n) is 5.45. The lowest BCUT2D eigenvalue weighted by atomic mass is 9.69. The standard InChI is InChI=1S/C24H26N2O.2ClH/c1-2-10-21(11-3-1)24(19-27-18-20-9-4-5-13-23(20)24)14-8-15-25-17-22-12-6-7-16-26-22;;/h1-7,9-13,16,25H,8,14-15,17-19H2;2*1H. The molecule has 4 rings (SSSR count). The first-order chi connectivity index (χ1) is 13.4. The number of pyridine rings is 1.